The summed E-state index contributed by atoms with van der Waals surface area (Å²) >= 11 is 6.40. The largest absolute Gasteiger partial charge is 0.478 e. The van der Waals surface area contributed by atoms with Crippen LogP contribution < -0.4 is 0 Å². The molecule has 0 unspecified atom stereocenters. The van der Waals surface area contributed by atoms with E-state index in [1.54, 1.807) is 30.5 Å². The maximum absolute atomic E-state index is 13.3. The van der Waals surface area contributed by atoms with Crippen LogP contribution in [0.4, 0.5) is 0 Å². The van der Waals surface area contributed by atoms with Crippen LogP contribution in [0.15, 0.2) is 48.5 Å². The fraction of sp³-hybridized carbons (Fsp3) is 0.269. The third kappa shape index (κ3) is 6.55. The van der Waals surface area contributed by atoms with Gasteiger partial charge in [-0.1, -0.05) is 47.9 Å². The first-order chi connectivity index (χ1) is 15.5. The zero-order valence-electron chi connectivity index (χ0n) is 18.7. The third-order valence-electron chi connectivity index (χ3n) is 4.97. The summed E-state index contributed by atoms with van der Waals surface area (Å²) in [7, 11) is 0. The topological polar surface area (TPSA) is 92.4 Å². The van der Waals surface area contributed by atoms with Gasteiger partial charge in [0, 0.05) is 6.42 Å². The molecule has 170 valence electrons. The Morgan fingerprint density at radius 3 is 2.24 bits per heavy atom. The van der Waals surface area contributed by atoms with Crippen LogP contribution in [0.3, 0.4) is 0 Å². The minimum Gasteiger partial charge on any atom is -0.478 e. The van der Waals surface area contributed by atoms with Crippen LogP contribution in [0.1, 0.15) is 63.5 Å². The van der Waals surface area contributed by atoms with E-state index in [0.29, 0.717) is 18.7 Å². The number of aromatic carboxylic acids is 1. The Kier molecular flexibility index (Phi) is 7.37. The van der Waals surface area contributed by atoms with Crippen molar-refractivity contribution in [3.63, 3.8) is 0 Å². The van der Waals surface area contributed by atoms with E-state index >= 15 is 0 Å². The average molecular weight is 465 g/mol. The van der Waals surface area contributed by atoms with E-state index < -0.39 is 11.6 Å². The molecule has 1 heterocycles. The Morgan fingerprint density at radius 2 is 1.67 bits per heavy atom. The number of carbonyl (C=O) groups is 2. The Bertz CT molecular complexity index is 1220. The molecule has 0 bridgehead atoms. The number of Topliss-reactive ketones (excluding diaryl/α,β-unsaturated/α-hetero) is 1. The molecule has 2 aromatic carbocycles. The number of carboxylic acids is 1. The maximum atomic E-state index is 13.3. The number of imidazole rings is 1. The van der Waals surface area contributed by atoms with E-state index in [9.17, 15) is 14.7 Å². The van der Waals surface area contributed by atoms with Crippen molar-refractivity contribution in [3.05, 3.63) is 87.5 Å². The van der Waals surface area contributed by atoms with Gasteiger partial charge in [0.05, 0.1) is 12.1 Å². The Balaban J connectivity index is 1.91. The molecular weight excluding hydrogens is 440 g/mol. The molecule has 1 aromatic heterocycles. The molecule has 0 amide bonds. The first kappa shape index (κ1) is 24.2. The van der Waals surface area contributed by atoms with Crippen LogP contribution in [-0.4, -0.2) is 37.1 Å². The molecule has 6 nitrogen and oxygen atoms in total. The van der Waals surface area contributed by atoms with Crippen LogP contribution in [0.25, 0.3) is 0 Å². The number of aromatic nitrogens is 2. The molecule has 0 radical (unpaired) electrons. The number of aryl methyl sites for hydroxylation is 2. The number of hydrogen-bond acceptors (Lipinski definition) is 4. The van der Waals surface area contributed by atoms with Gasteiger partial charge in [0.25, 0.3) is 0 Å². The lowest BCUT2D eigenvalue weighted by Gasteiger charge is -2.10. The van der Waals surface area contributed by atoms with Gasteiger partial charge in [0.1, 0.15) is 17.0 Å². The van der Waals surface area contributed by atoms with Crippen molar-refractivity contribution in [1.82, 2.24) is 9.55 Å². The van der Waals surface area contributed by atoms with E-state index in [0.717, 1.165) is 16.7 Å². The van der Waals surface area contributed by atoms with Gasteiger partial charge in [-0.25, -0.2) is 9.78 Å². The van der Waals surface area contributed by atoms with Crippen molar-refractivity contribution in [2.24, 2.45) is 0 Å². The van der Waals surface area contributed by atoms with Crippen molar-refractivity contribution in [1.29, 1.82) is 0 Å². The van der Waals surface area contributed by atoms with E-state index in [1.165, 1.54) is 12.1 Å². The summed E-state index contributed by atoms with van der Waals surface area (Å²) in [6, 6.07) is 14.3. The minimum atomic E-state index is -1.25. The number of carboxylic acid groups (broad SMARTS) is 1. The highest BCUT2D eigenvalue weighted by atomic mass is 35.5. The van der Waals surface area contributed by atoms with Gasteiger partial charge in [-0.2, -0.15) is 0 Å². The number of carbonyl (C=O) groups excluding carboxylic acids is 1. The number of ketones is 1. The van der Waals surface area contributed by atoms with Gasteiger partial charge in [-0.05, 0) is 68.0 Å². The predicted molar refractivity (Wildman–Crippen MR) is 127 cm³/mol. The highest BCUT2D eigenvalue weighted by Gasteiger charge is 2.22. The summed E-state index contributed by atoms with van der Waals surface area (Å²) in [5.41, 5.74) is 2.38. The Labute approximate surface area is 197 Å². The normalized spacial score (nSPS) is 11.1. The fourth-order valence-corrected chi connectivity index (χ4v) is 3.45. The average Bonchev–Trinajstić information content (AvgIpc) is 3.07. The predicted octanol–water partition coefficient (Wildman–Crippen LogP) is 4.53. The van der Waals surface area contributed by atoms with Crippen LogP contribution in [0, 0.1) is 18.8 Å². The summed E-state index contributed by atoms with van der Waals surface area (Å²) < 4.78 is 1.64. The Hall–Kier alpha value is -3.40. The van der Waals surface area contributed by atoms with Gasteiger partial charge in [-0.15, -0.1) is 0 Å². The van der Waals surface area contributed by atoms with Crippen molar-refractivity contribution >= 4 is 23.4 Å². The van der Waals surface area contributed by atoms with E-state index in [1.807, 2.05) is 31.2 Å². The molecule has 0 saturated carbocycles. The summed E-state index contributed by atoms with van der Waals surface area (Å²) in [5, 5.41) is 19.2. The lowest BCUT2D eigenvalue weighted by Crippen LogP contribution is -2.15. The molecule has 0 spiro atoms. The molecule has 0 saturated heterocycles. The van der Waals surface area contributed by atoms with Crippen molar-refractivity contribution in [2.75, 3.05) is 0 Å². The van der Waals surface area contributed by atoms with Crippen LogP contribution in [0.2, 0.25) is 5.28 Å². The molecule has 3 aromatic rings. The SMILES string of the molecule is Cc1ccc(Cn2c(Cl)nc(C#CC(C)(C)O)c2C(=O)CCc2ccc(C(=O)O)cc2)cc1. The molecule has 33 heavy (non-hydrogen) atoms. The monoisotopic (exact) mass is 464 g/mol. The van der Waals surface area contributed by atoms with Gasteiger partial charge < -0.3 is 14.8 Å². The summed E-state index contributed by atoms with van der Waals surface area (Å²) in [5.74, 6) is 4.32. The van der Waals surface area contributed by atoms with Crippen molar-refractivity contribution < 1.29 is 19.8 Å². The number of halogens is 1. The molecule has 0 aliphatic rings. The lowest BCUT2D eigenvalue weighted by molar-refractivity contribution is 0.0696. The second kappa shape index (κ2) is 10.0. The molecule has 7 heteroatoms. The molecule has 2 N–H and O–H groups in total. The van der Waals surface area contributed by atoms with Gasteiger partial charge >= 0.3 is 5.97 Å². The van der Waals surface area contributed by atoms with E-state index in [4.69, 9.17) is 16.7 Å². The van der Waals surface area contributed by atoms with Crippen molar-refractivity contribution in [2.45, 2.75) is 45.8 Å². The fourth-order valence-electron chi connectivity index (χ4n) is 3.22. The second-order valence-corrected chi connectivity index (χ2v) is 8.72. The zero-order chi connectivity index (χ0) is 24.2. The highest BCUT2D eigenvalue weighted by Crippen LogP contribution is 2.21. The summed E-state index contributed by atoms with van der Waals surface area (Å²) in [6.45, 7) is 5.45. The summed E-state index contributed by atoms with van der Waals surface area (Å²) in [4.78, 5) is 28.6. The summed E-state index contributed by atoms with van der Waals surface area (Å²) in [6.07, 6.45) is 0.587. The number of nitrogens with zero attached hydrogens (tertiary/aromatic N) is 2. The standard InChI is InChI=1S/C26H25ClN2O4/c1-17-4-6-19(7-5-17)16-29-23(21(28-25(29)27)14-15-26(2,3)33)22(30)13-10-18-8-11-20(12-9-18)24(31)32/h4-9,11-12,33H,10,13,16H2,1-3H3,(H,31,32). The van der Waals surface area contributed by atoms with Crippen LogP contribution in [-0.2, 0) is 13.0 Å². The number of benzene rings is 2. The number of hydrogen-bond donors (Lipinski definition) is 2. The quantitative estimate of drug-likeness (QED) is 0.396. The first-order valence-electron chi connectivity index (χ1n) is 10.5. The number of rotatable bonds is 7. The van der Waals surface area contributed by atoms with Crippen LogP contribution in [0.5, 0.6) is 0 Å². The first-order valence-corrected chi connectivity index (χ1v) is 10.8. The van der Waals surface area contributed by atoms with Crippen LogP contribution >= 0.6 is 11.6 Å². The highest BCUT2D eigenvalue weighted by molar-refractivity contribution is 6.29. The maximum Gasteiger partial charge on any atom is 0.335 e. The smallest absolute Gasteiger partial charge is 0.335 e. The Morgan fingerprint density at radius 1 is 1.06 bits per heavy atom. The molecule has 0 atom stereocenters. The third-order valence-corrected chi connectivity index (χ3v) is 5.26. The lowest BCUT2D eigenvalue weighted by atomic mass is 10.0. The molecule has 0 aliphatic heterocycles. The van der Waals surface area contributed by atoms with E-state index in [-0.39, 0.29) is 28.7 Å². The van der Waals surface area contributed by atoms with Gasteiger partial charge in [0.2, 0.25) is 5.28 Å². The zero-order valence-corrected chi connectivity index (χ0v) is 19.5. The van der Waals surface area contributed by atoms with Gasteiger partial charge in [-0.3, -0.25) is 4.79 Å². The molecule has 0 aliphatic carbocycles. The number of aliphatic hydroxyl groups is 1. The van der Waals surface area contributed by atoms with Crippen molar-refractivity contribution in [3.8, 4) is 11.8 Å². The second-order valence-electron chi connectivity index (χ2n) is 8.38. The molecule has 3 rings (SSSR count). The molecule has 0 fully saturated rings. The minimum absolute atomic E-state index is 0.143. The molecular formula is C26H25ClN2O4. The van der Waals surface area contributed by atoms with Gasteiger partial charge in [0.15, 0.2) is 5.78 Å². The van der Waals surface area contributed by atoms with E-state index in [2.05, 4.69) is 16.8 Å².